The average molecular weight is 478 g/mol. The molecule has 10 heteroatoms. The van der Waals surface area contributed by atoms with Crippen LogP contribution >= 0.6 is 11.6 Å². The van der Waals surface area contributed by atoms with Gasteiger partial charge < -0.3 is 19.5 Å². The molecule has 2 aromatic carbocycles. The van der Waals surface area contributed by atoms with Crippen molar-refractivity contribution in [2.45, 2.75) is 26.7 Å². The van der Waals surface area contributed by atoms with Crippen molar-refractivity contribution in [1.29, 1.82) is 0 Å². The lowest BCUT2D eigenvalue weighted by Crippen LogP contribution is -2.42. The molecule has 2 aromatic rings. The van der Waals surface area contributed by atoms with Crippen molar-refractivity contribution in [1.82, 2.24) is 10.9 Å². The number of anilines is 1. The number of hydrazine groups is 1. The fourth-order valence-corrected chi connectivity index (χ4v) is 3.23. The van der Waals surface area contributed by atoms with E-state index >= 15 is 0 Å². The molecule has 0 saturated carbocycles. The van der Waals surface area contributed by atoms with Gasteiger partial charge in [0.2, 0.25) is 17.6 Å². The summed E-state index contributed by atoms with van der Waals surface area (Å²) in [5.41, 5.74) is 6.40. The zero-order valence-electron chi connectivity index (χ0n) is 19.2. The van der Waals surface area contributed by atoms with Crippen molar-refractivity contribution >= 4 is 35.0 Å². The predicted octanol–water partition coefficient (Wildman–Crippen LogP) is 3.49. The molecule has 2 rings (SSSR count). The van der Waals surface area contributed by atoms with Gasteiger partial charge in [-0.05, 0) is 42.7 Å². The highest BCUT2D eigenvalue weighted by atomic mass is 35.5. The molecular weight excluding hydrogens is 450 g/mol. The van der Waals surface area contributed by atoms with Gasteiger partial charge in [-0.2, -0.15) is 0 Å². The van der Waals surface area contributed by atoms with E-state index < -0.39 is 11.8 Å². The molecule has 1 unspecified atom stereocenters. The first-order chi connectivity index (χ1) is 15.7. The van der Waals surface area contributed by atoms with E-state index in [-0.39, 0.29) is 30.2 Å². The van der Waals surface area contributed by atoms with Crippen LogP contribution in [0.3, 0.4) is 0 Å². The van der Waals surface area contributed by atoms with Gasteiger partial charge in [0.15, 0.2) is 11.5 Å². The van der Waals surface area contributed by atoms with Crippen molar-refractivity contribution in [3.8, 4) is 17.2 Å². The fraction of sp³-hybridized carbons (Fsp3) is 0.348. The second-order valence-electron chi connectivity index (χ2n) is 7.44. The van der Waals surface area contributed by atoms with Gasteiger partial charge in [-0.1, -0.05) is 24.6 Å². The van der Waals surface area contributed by atoms with Crippen molar-refractivity contribution in [2.24, 2.45) is 5.92 Å². The molecule has 3 amide bonds. The van der Waals surface area contributed by atoms with Crippen molar-refractivity contribution in [3.63, 3.8) is 0 Å². The molecular formula is C23H28ClN3O6. The zero-order valence-corrected chi connectivity index (χ0v) is 20.0. The lowest BCUT2D eigenvalue weighted by Gasteiger charge is -2.15. The minimum absolute atomic E-state index is 0.0393. The first-order valence-electron chi connectivity index (χ1n) is 10.1. The maximum Gasteiger partial charge on any atom is 0.269 e. The van der Waals surface area contributed by atoms with Crippen LogP contribution in [0.25, 0.3) is 0 Å². The largest absolute Gasteiger partial charge is 0.493 e. The fourth-order valence-electron chi connectivity index (χ4n) is 3.05. The number of aryl methyl sites for hydroxylation is 1. The molecule has 9 nitrogen and oxygen atoms in total. The number of hydrogen-bond acceptors (Lipinski definition) is 6. The third kappa shape index (κ3) is 7.28. The number of carbonyl (C=O) groups excluding carboxylic acids is 3. The first kappa shape index (κ1) is 25.8. The molecule has 0 fully saturated rings. The van der Waals surface area contributed by atoms with Crippen LogP contribution in [0.4, 0.5) is 5.69 Å². The van der Waals surface area contributed by atoms with Gasteiger partial charge in [-0.15, -0.1) is 0 Å². The first-order valence-corrected chi connectivity index (χ1v) is 10.5. The second-order valence-corrected chi connectivity index (χ2v) is 7.85. The zero-order chi connectivity index (χ0) is 24.5. The summed E-state index contributed by atoms with van der Waals surface area (Å²) in [7, 11) is 4.33. The number of nitrogens with one attached hydrogen (secondary N) is 3. The minimum atomic E-state index is -0.566. The Balaban J connectivity index is 1.87. The standard InChI is InChI=1S/C23H28ClN3O6/c1-13(8-20(28)25-16-7-6-14(2)17(24)12-16)9-21(29)26-27-23(30)15-10-18(31-3)22(33-5)19(11-15)32-4/h6-7,10-13H,8-9H2,1-5H3,(H,25,28)(H,26,29)(H,27,30). The van der Waals surface area contributed by atoms with E-state index in [4.69, 9.17) is 25.8 Å². The number of hydrogen-bond donors (Lipinski definition) is 3. The van der Waals surface area contributed by atoms with Gasteiger partial charge in [0.25, 0.3) is 5.91 Å². The molecule has 0 aliphatic carbocycles. The van der Waals surface area contributed by atoms with E-state index in [0.29, 0.717) is 28.0 Å². The Kier molecular flexibility index (Phi) is 9.35. The third-order valence-electron chi connectivity index (χ3n) is 4.77. The number of ether oxygens (including phenoxy) is 3. The van der Waals surface area contributed by atoms with Crippen molar-refractivity contribution in [3.05, 3.63) is 46.5 Å². The molecule has 1 atom stereocenters. The molecule has 0 aromatic heterocycles. The maximum absolute atomic E-state index is 12.5. The topological polar surface area (TPSA) is 115 Å². The second kappa shape index (κ2) is 12.0. The molecule has 0 heterocycles. The lowest BCUT2D eigenvalue weighted by molar-refractivity contribution is -0.123. The Labute approximate surface area is 197 Å². The Morgan fingerprint density at radius 1 is 0.909 bits per heavy atom. The van der Waals surface area contributed by atoms with Gasteiger partial charge in [-0.3, -0.25) is 25.2 Å². The molecule has 0 spiro atoms. The van der Waals surface area contributed by atoms with Crippen LogP contribution in [-0.4, -0.2) is 39.1 Å². The summed E-state index contributed by atoms with van der Waals surface area (Å²) in [4.78, 5) is 36.9. The van der Waals surface area contributed by atoms with Gasteiger partial charge in [-0.25, -0.2) is 0 Å². The van der Waals surface area contributed by atoms with Gasteiger partial charge in [0, 0.05) is 29.1 Å². The average Bonchev–Trinajstić information content (AvgIpc) is 2.78. The SMILES string of the molecule is COc1cc(C(=O)NNC(=O)CC(C)CC(=O)Nc2ccc(C)c(Cl)c2)cc(OC)c1OC. The van der Waals surface area contributed by atoms with E-state index in [1.807, 2.05) is 13.0 Å². The Morgan fingerprint density at radius 2 is 1.52 bits per heavy atom. The summed E-state index contributed by atoms with van der Waals surface area (Å²) < 4.78 is 15.7. The molecule has 0 radical (unpaired) electrons. The van der Waals surface area contributed by atoms with E-state index in [2.05, 4.69) is 16.2 Å². The summed E-state index contributed by atoms with van der Waals surface area (Å²) in [6.07, 6.45) is 0.164. The highest BCUT2D eigenvalue weighted by Gasteiger charge is 2.18. The monoisotopic (exact) mass is 477 g/mol. The summed E-state index contributed by atoms with van der Waals surface area (Å²) in [5.74, 6) is -0.536. The van der Waals surface area contributed by atoms with Crippen molar-refractivity contribution in [2.75, 3.05) is 26.6 Å². The number of carbonyl (C=O) groups is 3. The summed E-state index contributed by atoms with van der Waals surface area (Å²) >= 11 is 6.07. The lowest BCUT2D eigenvalue weighted by atomic mass is 10.0. The quantitative estimate of drug-likeness (QED) is 0.476. The third-order valence-corrected chi connectivity index (χ3v) is 5.17. The van der Waals surface area contributed by atoms with Crippen LogP contribution in [0.15, 0.2) is 30.3 Å². The molecule has 0 bridgehead atoms. The Hall–Kier alpha value is -3.46. The predicted molar refractivity (Wildman–Crippen MR) is 125 cm³/mol. The Morgan fingerprint density at radius 3 is 2.06 bits per heavy atom. The van der Waals surface area contributed by atoms with E-state index in [9.17, 15) is 14.4 Å². The minimum Gasteiger partial charge on any atom is -0.493 e. The van der Waals surface area contributed by atoms with Crippen LogP contribution in [0, 0.1) is 12.8 Å². The van der Waals surface area contributed by atoms with E-state index in [1.165, 1.54) is 33.5 Å². The van der Waals surface area contributed by atoms with E-state index in [0.717, 1.165) is 5.56 Å². The summed E-state index contributed by atoms with van der Waals surface area (Å²) in [6, 6.07) is 8.17. The smallest absolute Gasteiger partial charge is 0.269 e. The maximum atomic E-state index is 12.5. The molecule has 0 aliphatic heterocycles. The van der Waals surface area contributed by atoms with Gasteiger partial charge in [0.05, 0.1) is 21.3 Å². The molecule has 3 N–H and O–H groups in total. The summed E-state index contributed by atoms with van der Waals surface area (Å²) in [5, 5.41) is 3.32. The number of methoxy groups -OCH3 is 3. The van der Waals surface area contributed by atoms with Crippen molar-refractivity contribution < 1.29 is 28.6 Å². The number of amides is 3. The molecule has 0 aliphatic rings. The van der Waals surface area contributed by atoms with Crippen LogP contribution in [-0.2, 0) is 9.59 Å². The Bertz CT molecular complexity index is 1000. The molecule has 178 valence electrons. The molecule has 0 saturated heterocycles. The van der Waals surface area contributed by atoms with Crippen LogP contribution in [0.5, 0.6) is 17.2 Å². The van der Waals surface area contributed by atoms with Gasteiger partial charge >= 0.3 is 0 Å². The summed E-state index contributed by atoms with van der Waals surface area (Å²) in [6.45, 7) is 3.64. The highest BCUT2D eigenvalue weighted by molar-refractivity contribution is 6.31. The van der Waals surface area contributed by atoms with E-state index in [1.54, 1.807) is 19.1 Å². The van der Waals surface area contributed by atoms with Crippen LogP contribution in [0.2, 0.25) is 5.02 Å². The van der Waals surface area contributed by atoms with Gasteiger partial charge in [0.1, 0.15) is 0 Å². The highest BCUT2D eigenvalue weighted by Crippen LogP contribution is 2.38. The number of halogens is 1. The number of rotatable bonds is 9. The van der Waals surface area contributed by atoms with Crippen LogP contribution < -0.4 is 30.4 Å². The molecule has 33 heavy (non-hydrogen) atoms. The number of benzene rings is 2. The van der Waals surface area contributed by atoms with Crippen LogP contribution in [0.1, 0.15) is 35.7 Å². The normalized spacial score (nSPS) is 11.2.